The Bertz CT molecular complexity index is 485. The van der Waals surface area contributed by atoms with E-state index in [0.29, 0.717) is 6.61 Å². The van der Waals surface area contributed by atoms with Crippen molar-refractivity contribution < 1.29 is 14.6 Å². The Balaban J connectivity index is 1.69. The normalized spacial score (nSPS) is 22.7. The Kier molecular flexibility index (Phi) is 6.07. The van der Waals surface area contributed by atoms with Crippen LogP contribution >= 0.6 is 0 Å². The van der Waals surface area contributed by atoms with Crippen molar-refractivity contribution >= 4 is 6.03 Å². The molecule has 0 aliphatic heterocycles. The Labute approximate surface area is 132 Å². The summed E-state index contributed by atoms with van der Waals surface area (Å²) >= 11 is 0. The minimum absolute atomic E-state index is 0.0752. The number of ether oxygens (including phenoxy) is 1. The summed E-state index contributed by atoms with van der Waals surface area (Å²) in [6, 6.07) is 7.75. The predicted octanol–water partition coefficient (Wildman–Crippen LogP) is 2.37. The van der Waals surface area contributed by atoms with Gasteiger partial charge in [0.25, 0.3) is 0 Å². The molecule has 1 aromatic carbocycles. The molecule has 1 saturated carbocycles. The average molecular weight is 306 g/mol. The van der Waals surface area contributed by atoms with Crippen LogP contribution in [-0.4, -0.2) is 35.9 Å². The SMILES string of the molecule is Cc1ccccc1OCC(C)NC(=O)NC1CCC(O)CC1. The zero-order valence-electron chi connectivity index (χ0n) is 13.3. The molecule has 0 bridgehead atoms. The molecule has 1 aliphatic carbocycles. The fourth-order valence-electron chi connectivity index (χ4n) is 2.65. The maximum Gasteiger partial charge on any atom is 0.315 e. The second kappa shape index (κ2) is 8.03. The number of aliphatic hydroxyl groups is 1. The van der Waals surface area contributed by atoms with E-state index in [1.165, 1.54) is 0 Å². The third kappa shape index (κ3) is 5.22. The summed E-state index contributed by atoms with van der Waals surface area (Å²) in [5.41, 5.74) is 1.08. The summed E-state index contributed by atoms with van der Waals surface area (Å²) in [6.45, 7) is 4.35. The van der Waals surface area contributed by atoms with E-state index in [9.17, 15) is 9.90 Å². The quantitative estimate of drug-likeness (QED) is 0.782. The van der Waals surface area contributed by atoms with Gasteiger partial charge in [-0.05, 0) is 51.2 Å². The molecule has 1 aliphatic rings. The molecule has 122 valence electrons. The van der Waals surface area contributed by atoms with Gasteiger partial charge in [0.05, 0.1) is 12.1 Å². The highest BCUT2D eigenvalue weighted by atomic mass is 16.5. The Morgan fingerprint density at radius 3 is 2.68 bits per heavy atom. The standard InChI is InChI=1S/C17H26N2O3/c1-12-5-3-4-6-16(12)22-11-13(2)18-17(21)19-14-7-9-15(20)10-8-14/h3-6,13-15,20H,7-11H2,1-2H3,(H2,18,19,21). The monoisotopic (exact) mass is 306 g/mol. The molecular formula is C17H26N2O3. The lowest BCUT2D eigenvalue weighted by atomic mass is 9.93. The lowest BCUT2D eigenvalue weighted by Crippen LogP contribution is -2.48. The molecular weight excluding hydrogens is 280 g/mol. The van der Waals surface area contributed by atoms with Gasteiger partial charge in [-0.3, -0.25) is 0 Å². The number of nitrogens with one attached hydrogen (secondary N) is 2. The number of benzene rings is 1. The van der Waals surface area contributed by atoms with Crippen LogP contribution in [0.1, 0.15) is 38.2 Å². The summed E-state index contributed by atoms with van der Waals surface area (Å²) < 4.78 is 5.73. The van der Waals surface area contributed by atoms with Crippen molar-refractivity contribution in [3.8, 4) is 5.75 Å². The molecule has 0 saturated heterocycles. The molecule has 0 radical (unpaired) electrons. The summed E-state index contributed by atoms with van der Waals surface area (Å²) in [5, 5.41) is 15.3. The molecule has 5 heteroatoms. The van der Waals surface area contributed by atoms with E-state index in [4.69, 9.17) is 4.74 Å². The van der Waals surface area contributed by atoms with Crippen LogP contribution in [0.25, 0.3) is 0 Å². The first-order valence-electron chi connectivity index (χ1n) is 7.98. The summed E-state index contributed by atoms with van der Waals surface area (Å²) in [5.74, 6) is 0.845. The van der Waals surface area contributed by atoms with Gasteiger partial charge in [0, 0.05) is 6.04 Å². The predicted molar refractivity (Wildman–Crippen MR) is 86.1 cm³/mol. The molecule has 0 spiro atoms. The Morgan fingerprint density at radius 1 is 1.32 bits per heavy atom. The van der Waals surface area contributed by atoms with Crippen LogP contribution in [0.3, 0.4) is 0 Å². The van der Waals surface area contributed by atoms with Gasteiger partial charge in [-0.25, -0.2) is 4.79 Å². The molecule has 2 rings (SSSR count). The van der Waals surface area contributed by atoms with Crippen LogP contribution in [0.5, 0.6) is 5.75 Å². The van der Waals surface area contributed by atoms with Crippen LogP contribution in [-0.2, 0) is 0 Å². The number of carbonyl (C=O) groups excluding carboxylic acids is 1. The van der Waals surface area contributed by atoms with Crippen molar-refractivity contribution in [2.75, 3.05) is 6.61 Å². The number of hydrogen-bond acceptors (Lipinski definition) is 3. The number of urea groups is 1. The van der Waals surface area contributed by atoms with Crippen molar-refractivity contribution in [1.82, 2.24) is 10.6 Å². The van der Waals surface area contributed by atoms with Crippen LogP contribution < -0.4 is 15.4 Å². The Morgan fingerprint density at radius 2 is 2.00 bits per heavy atom. The molecule has 3 N–H and O–H groups in total. The van der Waals surface area contributed by atoms with Gasteiger partial charge in [-0.15, -0.1) is 0 Å². The number of amides is 2. The number of carbonyl (C=O) groups is 1. The highest BCUT2D eigenvalue weighted by Gasteiger charge is 2.21. The van der Waals surface area contributed by atoms with E-state index >= 15 is 0 Å². The van der Waals surface area contributed by atoms with Gasteiger partial charge < -0.3 is 20.5 Å². The van der Waals surface area contributed by atoms with Gasteiger partial charge in [-0.1, -0.05) is 18.2 Å². The van der Waals surface area contributed by atoms with Gasteiger partial charge in [0.1, 0.15) is 12.4 Å². The van der Waals surface area contributed by atoms with E-state index < -0.39 is 0 Å². The number of hydrogen-bond donors (Lipinski definition) is 3. The summed E-state index contributed by atoms with van der Waals surface area (Å²) in [4.78, 5) is 11.9. The van der Waals surface area contributed by atoms with E-state index in [-0.39, 0.29) is 24.2 Å². The van der Waals surface area contributed by atoms with Crippen molar-refractivity contribution in [2.45, 2.75) is 57.7 Å². The number of aliphatic hydroxyl groups excluding tert-OH is 1. The third-order valence-electron chi connectivity index (χ3n) is 3.99. The highest BCUT2D eigenvalue weighted by Crippen LogP contribution is 2.18. The zero-order chi connectivity index (χ0) is 15.9. The second-order valence-corrected chi connectivity index (χ2v) is 6.10. The summed E-state index contributed by atoms with van der Waals surface area (Å²) in [7, 11) is 0. The van der Waals surface area contributed by atoms with Crippen molar-refractivity contribution in [3.63, 3.8) is 0 Å². The van der Waals surface area contributed by atoms with Crippen LogP contribution in [0.4, 0.5) is 4.79 Å². The van der Waals surface area contributed by atoms with Gasteiger partial charge >= 0.3 is 6.03 Å². The molecule has 0 heterocycles. The first-order valence-corrected chi connectivity index (χ1v) is 7.98. The van der Waals surface area contributed by atoms with Crippen molar-refractivity contribution in [1.29, 1.82) is 0 Å². The minimum atomic E-state index is -0.206. The van der Waals surface area contributed by atoms with Gasteiger partial charge in [0.2, 0.25) is 0 Å². The van der Waals surface area contributed by atoms with Gasteiger partial charge in [0.15, 0.2) is 0 Å². The summed E-state index contributed by atoms with van der Waals surface area (Å²) in [6.07, 6.45) is 2.99. The van der Waals surface area contributed by atoms with E-state index in [1.54, 1.807) is 0 Å². The number of rotatable bonds is 5. The maximum atomic E-state index is 11.9. The first-order chi connectivity index (χ1) is 10.5. The lowest BCUT2D eigenvalue weighted by Gasteiger charge is -2.27. The van der Waals surface area contributed by atoms with Crippen molar-refractivity contribution in [3.05, 3.63) is 29.8 Å². The number of para-hydroxylation sites is 1. The largest absolute Gasteiger partial charge is 0.491 e. The maximum absolute atomic E-state index is 11.9. The van der Waals surface area contributed by atoms with Crippen LogP contribution in [0.2, 0.25) is 0 Å². The molecule has 1 unspecified atom stereocenters. The highest BCUT2D eigenvalue weighted by molar-refractivity contribution is 5.74. The van der Waals surface area contributed by atoms with E-state index in [0.717, 1.165) is 37.0 Å². The first kappa shape index (κ1) is 16.6. The molecule has 1 atom stereocenters. The smallest absolute Gasteiger partial charge is 0.315 e. The lowest BCUT2D eigenvalue weighted by molar-refractivity contribution is 0.117. The molecule has 0 aromatic heterocycles. The fraction of sp³-hybridized carbons (Fsp3) is 0.588. The topological polar surface area (TPSA) is 70.6 Å². The molecule has 1 aromatic rings. The zero-order valence-corrected chi connectivity index (χ0v) is 13.3. The van der Waals surface area contributed by atoms with E-state index in [2.05, 4.69) is 10.6 Å². The average Bonchev–Trinajstić information content (AvgIpc) is 2.49. The second-order valence-electron chi connectivity index (χ2n) is 6.10. The number of aryl methyl sites for hydroxylation is 1. The minimum Gasteiger partial charge on any atom is -0.491 e. The van der Waals surface area contributed by atoms with Gasteiger partial charge in [-0.2, -0.15) is 0 Å². The molecule has 1 fully saturated rings. The molecule has 2 amide bonds. The van der Waals surface area contributed by atoms with Crippen molar-refractivity contribution in [2.24, 2.45) is 0 Å². The molecule has 5 nitrogen and oxygen atoms in total. The molecule has 22 heavy (non-hydrogen) atoms. The van der Waals surface area contributed by atoms with Crippen LogP contribution in [0.15, 0.2) is 24.3 Å². The fourth-order valence-corrected chi connectivity index (χ4v) is 2.65. The Hall–Kier alpha value is -1.75. The van der Waals surface area contributed by atoms with E-state index in [1.807, 2.05) is 38.1 Å². The third-order valence-corrected chi connectivity index (χ3v) is 3.99. The van der Waals surface area contributed by atoms with Crippen LogP contribution in [0, 0.1) is 6.92 Å².